The van der Waals surface area contributed by atoms with Gasteiger partial charge in [-0.1, -0.05) is 49.3 Å². The predicted octanol–water partition coefficient (Wildman–Crippen LogP) is -1.43. The number of phosphoric acid groups is 1. The number of rotatable bonds is 28. The van der Waals surface area contributed by atoms with Crippen molar-refractivity contribution < 1.29 is 67.1 Å². The number of carbonyl (C=O) groups excluding carboxylic acids is 6. The number of phosphoric ester groups is 1. The molecule has 0 spiro atoms. The maximum absolute atomic E-state index is 14.1. The molecule has 24 heteroatoms. The zero-order valence-corrected chi connectivity index (χ0v) is 36.6. The topological polar surface area (TPSA) is 336 Å². The lowest BCUT2D eigenvalue weighted by Gasteiger charge is -2.28. The van der Waals surface area contributed by atoms with Gasteiger partial charge in [-0.3, -0.25) is 33.3 Å². The largest absolute Gasteiger partial charge is 0.469 e. The Hall–Kier alpha value is -5.29. The summed E-state index contributed by atoms with van der Waals surface area (Å²) in [5, 5.41) is 23.9. The van der Waals surface area contributed by atoms with Gasteiger partial charge < -0.3 is 66.1 Å². The molecule has 0 radical (unpaired) electrons. The molecule has 0 aliphatic carbocycles. The van der Waals surface area contributed by atoms with E-state index in [1.165, 1.54) is 24.5 Å². The van der Waals surface area contributed by atoms with E-state index in [-0.39, 0.29) is 57.3 Å². The molecule has 23 nitrogen and oxygen atoms in total. The lowest BCUT2D eigenvalue weighted by molar-refractivity contribution is -0.140. The van der Waals surface area contributed by atoms with E-state index in [1.807, 2.05) is 44.2 Å². The van der Waals surface area contributed by atoms with Gasteiger partial charge in [0.25, 0.3) is 0 Å². The Kier molecular flexibility index (Phi) is 21.8. The summed E-state index contributed by atoms with van der Waals surface area (Å²) in [5.74, 6) is -5.40. The van der Waals surface area contributed by atoms with Gasteiger partial charge in [0.2, 0.25) is 35.4 Å². The molecule has 7 atom stereocenters. The van der Waals surface area contributed by atoms with Crippen LogP contribution in [0.4, 0.5) is 0 Å². The molecular formula is C39H60N9O14P. The summed E-state index contributed by atoms with van der Waals surface area (Å²) in [6.45, 7) is 4.37. The molecule has 1 saturated heterocycles. The highest BCUT2D eigenvalue weighted by atomic mass is 31.2. The molecule has 1 aromatic carbocycles. The van der Waals surface area contributed by atoms with Gasteiger partial charge in [0.1, 0.15) is 36.3 Å². The number of aromatic nitrogens is 2. The van der Waals surface area contributed by atoms with Crippen LogP contribution < -0.4 is 27.0 Å². The van der Waals surface area contributed by atoms with Gasteiger partial charge in [-0.05, 0) is 37.7 Å². The standard InChI is InChI=1S/C39H60N9O14P/c1-24(2)17-29(45-39(55)32-19-28(21-48(32)33(50)12-14-60-16-15-59-4)61-43-13-8-11-26-9-6-5-7-10-26)36(52)44-30(18-27-20-41-23-42-27)37(53)46-31(22-49)38(54)47-34(35(40)51)25(3)62-63(56,57)58/h5-7,9-10,13,20,23-25,28-32,34,49H,8,11-12,14-19,21-22H2,1-4H3,(H2,40,51)(H,41,42)(H,44,52)(H,45,55)(H,46,53)(H,47,54)(H2,56,57,58)/b43-13-/t25?,28-,29+,30+,31+,32+,34+/m1/s1. The van der Waals surface area contributed by atoms with Gasteiger partial charge in [-0.2, -0.15) is 0 Å². The zero-order chi connectivity index (χ0) is 46.5. The van der Waals surface area contributed by atoms with E-state index < -0.39 is 86.4 Å². The SMILES string of the molecule is COCCOCCC(=O)N1C[C@H](O/N=C\CCc2ccccc2)C[C@H]1C(=O)N[C@@H](CC(C)C)C(=O)N[C@@H](Cc1cnc[nH]1)C(=O)N[C@@H](CO)C(=O)N[C@H](C(N)=O)C(C)OP(=O)(O)O. The van der Waals surface area contributed by atoms with E-state index in [1.54, 1.807) is 6.21 Å². The minimum atomic E-state index is -5.12. The number of nitrogens with one attached hydrogen (secondary N) is 5. The monoisotopic (exact) mass is 909 g/mol. The Morgan fingerprint density at radius 2 is 1.67 bits per heavy atom. The first-order valence-corrected chi connectivity index (χ1v) is 21.9. The summed E-state index contributed by atoms with van der Waals surface area (Å²) in [7, 11) is -3.60. The maximum atomic E-state index is 14.1. The highest BCUT2D eigenvalue weighted by molar-refractivity contribution is 7.46. The van der Waals surface area contributed by atoms with Crippen molar-refractivity contribution in [3.63, 3.8) is 0 Å². The van der Waals surface area contributed by atoms with Crippen molar-refractivity contribution >= 4 is 49.5 Å². The highest BCUT2D eigenvalue weighted by Gasteiger charge is 2.42. The first-order chi connectivity index (χ1) is 29.9. The number of aromatic amines is 1. The van der Waals surface area contributed by atoms with E-state index in [4.69, 9.17) is 29.8 Å². The first kappa shape index (κ1) is 52.1. The number of aliphatic hydroxyl groups is 1. The van der Waals surface area contributed by atoms with E-state index in [2.05, 4.69) is 40.9 Å². The third-order valence-electron chi connectivity index (χ3n) is 9.61. The fraction of sp³-hybridized carbons (Fsp3) is 0.590. The van der Waals surface area contributed by atoms with E-state index in [0.717, 1.165) is 18.9 Å². The lowest BCUT2D eigenvalue weighted by atomic mass is 10.0. The van der Waals surface area contributed by atoms with Crippen LogP contribution in [0.3, 0.4) is 0 Å². The van der Waals surface area contributed by atoms with Crippen LogP contribution in [0.2, 0.25) is 0 Å². The number of aliphatic hydroxyl groups excluding tert-OH is 1. The minimum Gasteiger partial charge on any atom is -0.394 e. The van der Waals surface area contributed by atoms with Crippen molar-refractivity contribution in [3.8, 4) is 0 Å². The Morgan fingerprint density at radius 1 is 0.984 bits per heavy atom. The minimum absolute atomic E-state index is 0.0356. The molecule has 6 amide bonds. The Bertz CT molecular complexity index is 1850. The fourth-order valence-corrected chi connectivity index (χ4v) is 7.04. The maximum Gasteiger partial charge on any atom is 0.469 e. The Morgan fingerprint density at radius 3 is 2.29 bits per heavy atom. The average Bonchev–Trinajstić information content (AvgIpc) is 3.91. The molecule has 1 unspecified atom stereocenters. The number of likely N-dealkylation sites (tertiary alicyclic amines) is 1. The number of nitrogens with two attached hydrogens (primary N) is 1. The van der Waals surface area contributed by atoms with Gasteiger partial charge in [-0.15, -0.1) is 0 Å². The van der Waals surface area contributed by atoms with Crippen LogP contribution in [0.25, 0.3) is 0 Å². The number of oxime groups is 1. The molecule has 1 aliphatic rings. The highest BCUT2D eigenvalue weighted by Crippen LogP contribution is 2.38. The fourth-order valence-electron chi connectivity index (χ4n) is 6.49. The van der Waals surface area contributed by atoms with Crippen molar-refractivity contribution in [2.45, 2.75) is 102 Å². The van der Waals surface area contributed by atoms with Crippen LogP contribution in [0, 0.1) is 5.92 Å². The number of hydrogen-bond donors (Lipinski definition) is 9. The number of H-pyrrole nitrogens is 1. The molecule has 3 rings (SSSR count). The summed E-state index contributed by atoms with van der Waals surface area (Å²) >= 11 is 0. The van der Waals surface area contributed by atoms with Gasteiger partial charge in [0, 0.05) is 38.1 Å². The van der Waals surface area contributed by atoms with Gasteiger partial charge in [0.05, 0.1) is 51.8 Å². The second-order valence-electron chi connectivity index (χ2n) is 15.2. The summed E-state index contributed by atoms with van der Waals surface area (Å²) in [5.41, 5.74) is 6.81. The van der Waals surface area contributed by atoms with Gasteiger partial charge in [-0.25, -0.2) is 9.55 Å². The Balaban J connectivity index is 1.78. The lowest BCUT2D eigenvalue weighted by Crippen LogP contribution is -2.61. The van der Waals surface area contributed by atoms with Crippen LogP contribution >= 0.6 is 7.82 Å². The summed E-state index contributed by atoms with van der Waals surface area (Å²) in [4.78, 5) is 113. The summed E-state index contributed by atoms with van der Waals surface area (Å²) < 4.78 is 26.3. The number of ether oxygens (including phenoxy) is 2. The Labute approximate surface area is 364 Å². The zero-order valence-electron chi connectivity index (χ0n) is 35.7. The van der Waals surface area contributed by atoms with E-state index >= 15 is 0 Å². The number of nitrogens with zero attached hydrogens (tertiary/aromatic N) is 3. The second kappa shape index (κ2) is 26.4. The van der Waals surface area contributed by atoms with E-state index in [0.29, 0.717) is 18.7 Å². The van der Waals surface area contributed by atoms with Crippen molar-refractivity contribution in [2.24, 2.45) is 16.8 Å². The normalized spacial score (nSPS) is 17.7. The second-order valence-corrected chi connectivity index (χ2v) is 16.4. The molecule has 10 N–H and O–H groups in total. The third kappa shape index (κ3) is 18.5. The number of methoxy groups -OCH3 is 1. The molecule has 1 fully saturated rings. The first-order valence-electron chi connectivity index (χ1n) is 20.3. The molecular weight excluding hydrogens is 849 g/mol. The van der Waals surface area contributed by atoms with Gasteiger partial charge in [0.15, 0.2) is 0 Å². The third-order valence-corrected chi connectivity index (χ3v) is 10.2. The van der Waals surface area contributed by atoms with Crippen LogP contribution in [-0.4, -0.2) is 154 Å². The van der Waals surface area contributed by atoms with Crippen molar-refractivity contribution in [2.75, 3.05) is 40.1 Å². The molecule has 0 saturated carbocycles. The van der Waals surface area contributed by atoms with Gasteiger partial charge >= 0.3 is 7.82 Å². The number of imidazole rings is 1. The predicted molar refractivity (Wildman–Crippen MR) is 224 cm³/mol. The molecule has 1 aliphatic heterocycles. The van der Waals surface area contributed by atoms with Crippen LogP contribution in [0.5, 0.6) is 0 Å². The van der Waals surface area contributed by atoms with Crippen LogP contribution in [-0.2, 0) is 65.0 Å². The van der Waals surface area contributed by atoms with Crippen molar-refractivity contribution in [1.82, 2.24) is 36.1 Å². The smallest absolute Gasteiger partial charge is 0.394 e. The quantitative estimate of drug-likeness (QED) is 0.0205. The molecule has 2 heterocycles. The van der Waals surface area contributed by atoms with E-state index in [9.17, 15) is 38.4 Å². The molecule has 1 aromatic heterocycles. The molecule has 63 heavy (non-hydrogen) atoms. The summed E-state index contributed by atoms with van der Waals surface area (Å²) in [6.07, 6.45) is 3.28. The van der Waals surface area contributed by atoms with Crippen LogP contribution in [0.1, 0.15) is 57.7 Å². The summed E-state index contributed by atoms with van der Waals surface area (Å²) in [6, 6.07) is 2.51. The number of hydrogen-bond acceptors (Lipinski definition) is 14. The van der Waals surface area contributed by atoms with Crippen molar-refractivity contribution in [3.05, 3.63) is 54.1 Å². The number of primary amides is 1. The molecule has 2 aromatic rings. The average molecular weight is 910 g/mol. The van der Waals surface area contributed by atoms with Crippen LogP contribution in [0.15, 0.2) is 48.0 Å². The molecule has 0 bridgehead atoms. The molecule has 350 valence electrons. The number of amides is 6. The number of benzene rings is 1. The number of aryl methyl sites for hydroxylation is 1. The van der Waals surface area contributed by atoms with Crippen molar-refractivity contribution in [1.29, 1.82) is 0 Å². The number of carbonyl (C=O) groups is 6.